The number of methoxy groups -OCH3 is 1. The second-order valence-electron chi connectivity index (χ2n) is 7.77. The van der Waals surface area contributed by atoms with Crippen LogP contribution in [0.3, 0.4) is 0 Å². The van der Waals surface area contributed by atoms with Gasteiger partial charge in [0, 0.05) is 11.4 Å². The van der Waals surface area contributed by atoms with Crippen molar-refractivity contribution in [1.29, 1.82) is 0 Å². The first-order valence-corrected chi connectivity index (χ1v) is 10.2. The van der Waals surface area contributed by atoms with Gasteiger partial charge in [-0.05, 0) is 37.3 Å². The van der Waals surface area contributed by atoms with Gasteiger partial charge in [-0.2, -0.15) is 0 Å². The number of nitrogens with zero attached hydrogens (tertiary/aromatic N) is 1. The molecule has 2 heterocycles. The number of carbonyl (C=O) groups is 2. The van der Waals surface area contributed by atoms with E-state index in [-0.39, 0.29) is 24.0 Å². The summed E-state index contributed by atoms with van der Waals surface area (Å²) >= 11 is 6.31. The van der Waals surface area contributed by atoms with Crippen molar-refractivity contribution in [3.8, 4) is 5.75 Å². The topological polar surface area (TPSA) is 75.6 Å². The van der Waals surface area contributed by atoms with E-state index in [1.807, 2.05) is 0 Å². The van der Waals surface area contributed by atoms with Crippen molar-refractivity contribution in [3.63, 3.8) is 0 Å². The van der Waals surface area contributed by atoms with Gasteiger partial charge in [0.2, 0.25) is 5.54 Å². The number of carboxylic acid groups (broad SMARTS) is 1. The molecule has 0 bridgehead atoms. The summed E-state index contributed by atoms with van der Waals surface area (Å²) in [5.74, 6) is -1.11. The molecule has 0 spiro atoms. The number of para-hydroxylation sites is 1. The van der Waals surface area contributed by atoms with Crippen molar-refractivity contribution in [2.75, 3.05) is 25.5 Å². The van der Waals surface area contributed by atoms with Crippen LogP contribution in [0.1, 0.15) is 24.5 Å². The van der Waals surface area contributed by atoms with Crippen LogP contribution in [0.15, 0.2) is 42.5 Å². The summed E-state index contributed by atoms with van der Waals surface area (Å²) in [5, 5.41) is 13.4. The number of fused-ring (bicyclic) bond motifs is 1. The van der Waals surface area contributed by atoms with Crippen molar-refractivity contribution in [2.45, 2.75) is 31.1 Å². The average molecular weight is 434 g/mol. The van der Waals surface area contributed by atoms with Crippen molar-refractivity contribution >= 4 is 29.2 Å². The molecular formula is C22H23ClFN2O4+. The molecule has 4 rings (SSSR count). The molecule has 2 aliphatic heterocycles. The van der Waals surface area contributed by atoms with Crippen LogP contribution >= 0.6 is 11.6 Å². The summed E-state index contributed by atoms with van der Waals surface area (Å²) in [7, 11) is 1.49. The maximum atomic E-state index is 14.9. The normalized spacial score (nSPS) is 30.1. The first-order valence-electron chi connectivity index (χ1n) is 9.80. The number of nitrogens with one attached hydrogen (secondary N) is 1. The summed E-state index contributed by atoms with van der Waals surface area (Å²) in [6.07, 6.45) is -1.52. The maximum Gasteiger partial charge on any atom is 0.362 e. The predicted octanol–water partition coefficient (Wildman–Crippen LogP) is 3.58. The third kappa shape index (κ3) is 2.58. The zero-order chi connectivity index (χ0) is 21.7. The molecule has 3 unspecified atom stereocenters. The van der Waals surface area contributed by atoms with Crippen LogP contribution < -0.4 is 10.1 Å². The summed E-state index contributed by atoms with van der Waals surface area (Å²) < 4.78 is 20.1. The molecule has 30 heavy (non-hydrogen) atoms. The minimum absolute atomic E-state index is 0.106. The summed E-state index contributed by atoms with van der Waals surface area (Å²) in [5.41, 5.74) is 0.0403. The third-order valence-electron chi connectivity index (χ3n) is 6.56. The second kappa shape index (κ2) is 7.25. The zero-order valence-electron chi connectivity index (χ0n) is 16.7. The Morgan fingerprint density at radius 1 is 1.33 bits per heavy atom. The van der Waals surface area contributed by atoms with Crippen molar-refractivity contribution in [2.24, 2.45) is 0 Å². The molecule has 4 atom stereocenters. The van der Waals surface area contributed by atoms with Crippen LogP contribution in [0, 0.1) is 0 Å². The number of hydrogen-bond donors (Lipinski definition) is 2. The fourth-order valence-corrected chi connectivity index (χ4v) is 5.59. The number of halogens is 2. The molecule has 6 nitrogen and oxygen atoms in total. The highest BCUT2D eigenvalue weighted by atomic mass is 35.5. The highest BCUT2D eigenvalue weighted by Crippen LogP contribution is 2.55. The van der Waals surface area contributed by atoms with Crippen molar-refractivity contribution < 1.29 is 28.3 Å². The molecule has 1 fully saturated rings. The molecule has 158 valence electrons. The van der Waals surface area contributed by atoms with Crippen LogP contribution in [0.2, 0.25) is 5.02 Å². The number of alkyl halides is 1. The van der Waals surface area contributed by atoms with Crippen LogP contribution in [-0.4, -0.2) is 53.9 Å². The lowest BCUT2D eigenvalue weighted by Gasteiger charge is -2.50. The Morgan fingerprint density at radius 2 is 2.07 bits per heavy atom. The van der Waals surface area contributed by atoms with Gasteiger partial charge in [0.05, 0.1) is 30.5 Å². The van der Waals surface area contributed by atoms with Crippen LogP contribution in [-0.2, 0) is 15.1 Å². The van der Waals surface area contributed by atoms with E-state index >= 15 is 0 Å². The van der Waals surface area contributed by atoms with Gasteiger partial charge in [0.1, 0.15) is 12.3 Å². The van der Waals surface area contributed by atoms with Gasteiger partial charge in [-0.3, -0.25) is 9.28 Å². The number of benzene rings is 2. The number of quaternary nitrogens is 1. The third-order valence-corrected chi connectivity index (χ3v) is 6.80. The SMILES string of the molecule is CC[N+]1(C2(c3ccccc3OC)C(=O)Nc3ccc(Cl)cc32)CC(F)C[C@H]1C(=O)O. The van der Waals surface area contributed by atoms with E-state index in [0.717, 1.165) is 0 Å². The number of carboxylic acids is 1. The molecule has 2 N–H and O–H groups in total. The van der Waals surface area contributed by atoms with Crippen LogP contribution in [0.5, 0.6) is 5.75 Å². The van der Waals surface area contributed by atoms with Crippen LogP contribution in [0.4, 0.5) is 10.1 Å². The Morgan fingerprint density at radius 3 is 2.73 bits per heavy atom. The number of hydrogen-bond acceptors (Lipinski definition) is 3. The molecule has 8 heteroatoms. The first kappa shape index (κ1) is 20.6. The van der Waals surface area contributed by atoms with E-state index in [0.29, 0.717) is 27.6 Å². The van der Waals surface area contributed by atoms with E-state index in [1.165, 1.54) is 7.11 Å². The summed E-state index contributed by atoms with van der Waals surface area (Å²) in [6, 6.07) is 10.9. The Labute approximate surface area is 178 Å². The minimum atomic E-state index is -1.52. The lowest BCUT2D eigenvalue weighted by atomic mass is 9.78. The Bertz CT molecular complexity index is 1030. The zero-order valence-corrected chi connectivity index (χ0v) is 17.4. The molecule has 2 aliphatic rings. The van der Waals surface area contributed by atoms with Gasteiger partial charge in [-0.15, -0.1) is 0 Å². The first-order chi connectivity index (χ1) is 14.3. The van der Waals surface area contributed by atoms with E-state index in [4.69, 9.17) is 16.3 Å². The molecule has 2 aromatic rings. The van der Waals surface area contributed by atoms with Gasteiger partial charge >= 0.3 is 5.97 Å². The molecule has 0 aliphatic carbocycles. The van der Waals surface area contributed by atoms with Gasteiger partial charge in [-0.1, -0.05) is 23.7 Å². The van der Waals surface area contributed by atoms with Gasteiger partial charge in [0.15, 0.2) is 12.2 Å². The summed E-state index contributed by atoms with van der Waals surface area (Å²) in [4.78, 5) is 26.1. The number of anilines is 1. The lowest BCUT2D eigenvalue weighted by Crippen LogP contribution is -2.69. The lowest BCUT2D eigenvalue weighted by molar-refractivity contribution is -0.969. The number of ether oxygens (including phenoxy) is 1. The van der Waals surface area contributed by atoms with Gasteiger partial charge in [-0.25, -0.2) is 9.18 Å². The highest BCUT2D eigenvalue weighted by molar-refractivity contribution is 6.31. The van der Waals surface area contributed by atoms with Crippen LogP contribution in [0.25, 0.3) is 0 Å². The number of carbonyl (C=O) groups excluding carboxylic acids is 1. The molecule has 0 saturated carbocycles. The Balaban J connectivity index is 2.16. The van der Waals surface area contributed by atoms with E-state index in [9.17, 15) is 19.1 Å². The van der Waals surface area contributed by atoms with E-state index < -0.39 is 29.6 Å². The molecule has 0 aromatic heterocycles. The van der Waals surface area contributed by atoms with Crippen molar-refractivity contribution in [1.82, 2.24) is 0 Å². The number of amides is 1. The van der Waals surface area contributed by atoms with Gasteiger partial charge in [0.25, 0.3) is 5.91 Å². The largest absolute Gasteiger partial charge is 0.496 e. The number of rotatable bonds is 5. The van der Waals surface area contributed by atoms with Crippen molar-refractivity contribution in [3.05, 3.63) is 58.6 Å². The number of likely N-dealkylation sites (N-methyl/N-ethyl adjacent to an activating group) is 1. The summed E-state index contributed by atoms with van der Waals surface area (Å²) in [6.45, 7) is 1.92. The van der Waals surface area contributed by atoms with Gasteiger partial charge < -0.3 is 15.2 Å². The smallest absolute Gasteiger partial charge is 0.362 e. The fourth-order valence-electron chi connectivity index (χ4n) is 5.42. The maximum absolute atomic E-state index is 14.9. The number of aliphatic carboxylic acids is 1. The minimum Gasteiger partial charge on any atom is -0.496 e. The van der Waals surface area contributed by atoms with E-state index in [2.05, 4.69) is 5.32 Å². The molecule has 1 amide bonds. The Hall–Kier alpha value is -2.64. The molecule has 1 saturated heterocycles. The average Bonchev–Trinajstić information content (AvgIpc) is 3.22. The second-order valence-corrected chi connectivity index (χ2v) is 8.21. The van der Waals surface area contributed by atoms with E-state index in [1.54, 1.807) is 49.4 Å². The predicted molar refractivity (Wildman–Crippen MR) is 110 cm³/mol. The monoisotopic (exact) mass is 433 g/mol. The molecular weight excluding hydrogens is 411 g/mol. The Kier molecular flexibility index (Phi) is 4.98. The highest BCUT2D eigenvalue weighted by Gasteiger charge is 2.70. The number of likely N-dealkylation sites (tertiary alicyclic amines) is 1. The molecule has 2 aromatic carbocycles. The quantitative estimate of drug-likeness (QED) is 0.707. The fraction of sp³-hybridized carbons (Fsp3) is 0.364. The standard InChI is InChI=1S/C22H22ClFN2O4/c1-3-26(12-14(24)11-18(26)20(27)28)22(15-6-4-5-7-19(15)30-2)16-10-13(23)8-9-17(16)25-21(22)29/h4-10,14,18H,3,11-12H2,1-2H3,(H-,25,27,28,29)/p+1/t14?,18-,22?,26?/m0/s1. The molecule has 0 radical (unpaired) electrons.